The second-order valence-corrected chi connectivity index (χ2v) is 6.59. The number of aryl methyl sites for hydroxylation is 1. The zero-order valence-electron chi connectivity index (χ0n) is 12.8. The van der Waals surface area contributed by atoms with Gasteiger partial charge in [0.15, 0.2) is 11.5 Å². The maximum Gasteiger partial charge on any atom is 0.241 e. The Hall–Kier alpha value is -2.05. The Kier molecular flexibility index (Phi) is 5.05. The lowest BCUT2D eigenvalue weighted by Crippen LogP contribution is -2.23. The van der Waals surface area contributed by atoms with Gasteiger partial charge in [0.05, 0.1) is 19.1 Å². The highest BCUT2D eigenvalue weighted by Gasteiger charge is 2.16. The van der Waals surface area contributed by atoms with E-state index in [1.54, 1.807) is 6.07 Å². The highest BCUT2D eigenvalue weighted by molar-refractivity contribution is 7.89. The summed E-state index contributed by atoms with van der Waals surface area (Å²) in [6, 6.07) is 12.2. The van der Waals surface area contributed by atoms with Crippen LogP contribution in [-0.2, 0) is 16.6 Å². The van der Waals surface area contributed by atoms with E-state index in [-0.39, 0.29) is 11.4 Å². The van der Waals surface area contributed by atoms with Gasteiger partial charge >= 0.3 is 0 Å². The maximum absolute atomic E-state index is 12.3. The van der Waals surface area contributed by atoms with Crippen LogP contribution in [0, 0.1) is 6.92 Å². The van der Waals surface area contributed by atoms with Crippen LogP contribution in [0.15, 0.2) is 47.4 Å². The summed E-state index contributed by atoms with van der Waals surface area (Å²) in [6.07, 6.45) is 0. The van der Waals surface area contributed by atoms with Gasteiger partial charge in [0.2, 0.25) is 10.0 Å². The molecule has 0 radical (unpaired) electrons. The van der Waals surface area contributed by atoms with Crippen molar-refractivity contribution in [1.29, 1.82) is 0 Å². The van der Waals surface area contributed by atoms with Gasteiger partial charge in [-0.2, -0.15) is 0 Å². The van der Waals surface area contributed by atoms with Gasteiger partial charge < -0.3 is 9.47 Å². The SMILES string of the molecule is COc1ccc(S(=O)(=O)NCc2ccc(C)cc2)cc1OC. The Morgan fingerprint density at radius 3 is 2.18 bits per heavy atom. The molecular formula is C16H19NO4S. The highest BCUT2D eigenvalue weighted by Crippen LogP contribution is 2.29. The lowest BCUT2D eigenvalue weighted by Gasteiger charge is -2.11. The zero-order valence-corrected chi connectivity index (χ0v) is 13.6. The molecule has 0 bridgehead atoms. The Morgan fingerprint density at radius 1 is 0.955 bits per heavy atom. The number of sulfonamides is 1. The van der Waals surface area contributed by atoms with E-state index in [1.165, 1.54) is 26.4 Å². The van der Waals surface area contributed by atoms with Gasteiger partial charge in [-0.05, 0) is 24.6 Å². The number of hydrogen-bond acceptors (Lipinski definition) is 4. The van der Waals surface area contributed by atoms with E-state index in [2.05, 4.69) is 4.72 Å². The van der Waals surface area contributed by atoms with Gasteiger partial charge in [-0.3, -0.25) is 0 Å². The van der Waals surface area contributed by atoms with Crippen LogP contribution in [0.2, 0.25) is 0 Å². The first-order valence-corrected chi connectivity index (χ1v) is 8.22. The van der Waals surface area contributed by atoms with Crippen LogP contribution >= 0.6 is 0 Å². The van der Waals surface area contributed by atoms with E-state index in [1.807, 2.05) is 31.2 Å². The quantitative estimate of drug-likeness (QED) is 0.888. The van der Waals surface area contributed by atoms with Crippen LogP contribution < -0.4 is 14.2 Å². The second-order valence-electron chi connectivity index (χ2n) is 4.83. The number of methoxy groups -OCH3 is 2. The smallest absolute Gasteiger partial charge is 0.241 e. The molecule has 2 rings (SSSR count). The highest BCUT2D eigenvalue weighted by atomic mass is 32.2. The summed E-state index contributed by atoms with van der Waals surface area (Å²) in [5.74, 6) is 0.862. The van der Waals surface area contributed by atoms with Crippen LogP contribution in [-0.4, -0.2) is 22.6 Å². The van der Waals surface area contributed by atoms with Crippen molar-refractivity contribution in [2.75, 3.05) is 14.2 Å². The fourth-order valence-electron chi connectivity index (χ4n) is 1.95. The van der Waals surface area contributed by atoms with Crippen molar-refractivity contribution in [2.45, 2.75) is 18.4 Å². The maximum atomic E-state index is 12.3. The summed E-state index contributed by atoms with van der Waals surface area (Å²) < 4.78 is 37.5. The molecule has 1 N–H and O–H groups in total. The third kappa shape index (κ3) is 3.78. The molecule has 118 valence electrons. The van der Waals surface area contributed by atoms with Crippen LogP contribution in [0.4, 0.5) is 0 Å². The number of ether oxygens (including phenoxy) is 2. The van der Waals surface area contributed by atoms with Gasteiger partial charge in [-0.15, -0.1) is 0 Å². The van der Waals surface area contributed by atoms with Crippen LogP contribution in [0.25, 0.3) is 0 Å². The van der Waals surface area contributed by atoms with Crippen molar-refractivity contribution in [3.63, 3.8) is 0 Å². The lowest BCUT2D eigenvalue weighted by molar-refractivity contribution is 0.354. The molecule has 0 saturated carbocycles. The molecule has 0 unspecified atom stereocenters. The molecule has 0 aliphatic rings. The molecule has 5 nitrogen and oxygen atoms in total. The van der Waals surface area contributed by atoms with Gasteiger partial charge in [0, 0.05) is 12.6 Å². The summed E-state index contributed by atoms with van der Waals surface area (Å²) in [4.78, 5) is 0.136. The predicted octanol–water partition coefficient (Wildman–Crippen LogP) is 2.49. The van der Waals surface area contributed by atoms with E-state index in [0.717, 1.165) is 11.1 Å². The van der Waals surface area contributed by atoms with Gasteiger partial charge in [0.1, 0.15) is 0 Å². The monoisotopic (exact) mass is 321 g/mol. The molecule has 0 spiro atoms. The summed E-state index contributed by atoms with van der Waals surface area (Å²) >= 11 is 0. The fourth-order valence-corrected chi connectivity index (χ4v) is 2.98. The number of benzene rings is 2. The minimum absolute atomic E-state index is 0.136. The van der Waals surface area contributed by atoms with E-state index < -0.39 is 10.0 Å². The third-order valence-corrected chi connectivity index (χ3v) is 4.65. The van der Waals surface area contributed by atoms with Crippen molar-refractivity contribution in [2.24, 2.45) is 0 Å². The lowest BCUT2D eigenvalue weighted by atomic mass is 10.2. The topological polar surface area (TPSA) is 64.6 Å². The molecule has 22 heavy (non-hydrogen) atoms. The molecule has 2 aromatic rings. The third-order valence-electron chi connectivity index (χ3n) is 3.25. The zero-order chi connectivity index (χ0) is 16.2. The van der Waals surface area contributed by atoms with Crippen LogP contribution in [0.1, 0.15) is 11.1 Å². The van der Waals surface area contributed by atoms with Crippen LogP contribution in [0.5, 0.6) is 11.5 Å². The average Bonchev–Trinajstić information content (AvgIpc) is 2.53. The van der Waals surface area contributed by atoms with Crippen molar-refractivity contribution in [1.82, 2.24) is 4.72 Å². The van der Waals surface area contributed by atoms with Gasteiger partial charge in [-0.25, -0.2) is 13.1 Å². The minimum Gasteiger partial charge on any atom is -0.493 e. The molecule has 0 heterocycles. The largest absolute Gasteiger partial charge is 0.493 e. The molecule has 0 aliphatic heterocycles. The fraction of sp³-hybridized carbons (Fsp3) is 0.250. The standard InChI is InChI=1S/C16H19NO4S/c1-12-4-6-13(7-5-12)11-17-22(18,19)14-8-9-15(20-2)16(10-14)21-3/h4-10,17H,11H2,1-3H3. The summed E-state index contributed by atoms with van der Waals surface area (Å²) in [7, 11) is -0.644. The number of nitrogens with one attached hydrogen (secondary N) is 1. The first-order chi connectivity index (χ1) is 10.5. The molecule has 0 amide bonds. The Bertz CT molecular complexity index is 739. The number of rotatable bonds is 6. The Labute approximate surface area is 130 Å². The van der Waals surface area contributed by atoms with Gasteiger partial charge in [0.25, 0.3) is 0 Å². The summed E-state index contributed by atoms with van der Waals surface area (Å²) in [5, 5.41) is 0. The molecule has 0 aromatic heterocycles. The molecule has 0 fully saturated rings. The molecule has 2 aromatic carbocycles. The van der Waals surface area contributed by atoms with Crippen molar-refractivity contribution in [3.05, 3.63) is 53.6 Å². The van der Waals surface area contributed by atoms with E-state index in [9.17, 15) is 8.42 Å². The normalized spacial score (nSPS) is 11.2. The molecule has 0 saturated heterocycles. The van der Waals surface area contributed by atoms with E-state index >= 15 is 0 Å². The molecule has 0 aliphatic carbocycles. The molecular weight excluding hydrogens is 302 g/mol. The predicted molar refractivity (Wildman–Crippen MR) is 84.8 cm³/mol. The van der Waals surface area contributed by atoms with E-state index in [0.29, 0.717) is 11.5 Å². The number of hydrogen-bond donors (Lipinski definition) is 1. The first kappa shape index (κ1) is 16.3. The first-order valence-electron chi connectivity index (χ1n) is 6.73. The minimum atomic E-state index is -3.61. The molecule has 6 heteroatoms. The second kappa shape index (κ2) is 6.81. The summed E-state index contributed by atoms with van der Waals surface area (Å²) in [6.45, 7) is 2.22. The van der Waals surface area contributed by atoms with Crippen molar-refractivity contribution < 1.29 is 17.9 Å². The Morgan fingerprint density at radius 2 is 1.59 bits per heavy atom. The molecule has 0 atom stereocenters. The average molecular weight is 321 g/mol. The summed E-state index contributed by atoms with van der Waals surface area (Å²) in [5.41, 5.74) is 2.03. The Balaban J connectivity index is 2.17. The van der Waals surface area contributed by atoms with Crippen molar-refractivity contribution >= 4 is 10.0 Å². The van der Waals surface area contributed by atoms with Crippen LogP contribution in [0.3, 0.4) is 0 Å². The van der Waals surface area contributed by atoms with Gasteiger partial charge in [-0.1, -0.05) is 29.8 Å². The van der Waals surface area contributed by atoms with E-state index in [4.69, 9.17) is 9.47 Å². The van der Waals surface area contributed by atoms with Crippen molar-refractivity contribution in [3.8, 4) is 11.5 Å².